The van der Waals surface area contributed by atoms with Gasteiger partial charge in [0.1, 0.15) is 5.60 Å². The van der Waals surface area contributed by atoms with Crippen molar-refractivity contribution in [1.29, 1.82) is 0 Å². The van der Waals surface area contributed by atoms with Gasteiger partial charge >= 0.3 is 6.09 Å². The van der Waals surface area contributed by atoms with Crippen molar-refractivity contribution in [3.05, 3.63) is 0 Å². The van der Waals surface area contributed by atoms with E-state index in [0.717, 1.165) is 26.1 Å². The smallest absolute Gasteiger partial charge is 0.410 e. The van der Waals surface area contributed by atoms with E-state index in [1.807, 2.05) is 25.7 Å². The van der Waals surface area contributed by atoms with Crippen LogP contribution in [0, 0.1) is 5.92 Å². The van der Waals surface area contributed by atoms with E-state index in [2.05, 4.69) is 5.32 Å². The summed E-state index contributed by atoms with van der Waals surface area (Å²) >= 11 is 0. The molecule has 1 amide bonds. The third kappa shape index (κ3) is 3.87. The SMILES string of the molecule is CC(C)(C)OC(=O)N1CCC(CC2CCCN2)C1. The molecule has 2 fully saturated rings. The maximum atomic E-state index is 11.9. The normalized spacial score (nSPS) is 28.7. The van der Waals surface area contributed by atoms with E-state index in [0.29, 0.717) is 12.0 Å². The molecule has 18 heavy (non-hydrogen) atoms. The van der Waals surface area contributed by atoms with Crippen LogP contribution in [0.3, 0.4) is 0 Å². The lowest BCUT2D eigenvalue weighted by Gasteiger charge is -2.24. The molecule has 0 spiro atoms. The van der Waals surface area contributed by atoms with Crippen LogP contribution >= 0.6 is 0 Å². The van der Waals surface area contributed by atoms with E-state index in [9.17, 15) is 4.79 Å². The second-order valence-corrected chi connectivity index (χ2v) is 6.61. The molecule has 2 saturated heterocycles. The van der Waals surface area contributed by atoms with Crippen molar-refractivity contribution in [2.75, 3.05) is 19.6 Å². The summed E-state index contributed by atoms with van der Waals surface area (Å²) in [5.74, 6) is 0.646. The molecular weight excluding hydrogens is 228 g/mol. The molecule has 0 aromatic carbocycles. The highest BCUT2D eigenvalue weighted by molar-refractivity contribution is 5.68. The highest BCUT2D eigenvalue weighted by Gasteiger charge is 2.31. The van der Waals surface area contributed by atoms with Crippen LogP contribution in [-0.4, -0.2) is 42.3 Å². The van der Waals surface area contributed by atoms with Gasteiger partial charge in [-0.25, -0.2) is 4.79 Å². The molecule has 0 bridgehead atoms. The van der Waals surface area contributed by atoms with Crippen molar-refractivity contribution >= 4 is 6.09 Å². The van der Waals surface area contributed by atoms with Gasteiger partial charge in [0.2, 0.25) is 0 Å². The van der Waals surface area contributed by atoms with E-state index < -0.39 is 0 Å². The number of carbonyl (C=O) groups is 1. The standard InChI is InChI=1S/C14H26N2O2/c1-14(2,3)18-13(17)16-8-6-11(10-16)9-12-5-4-7-15-12/h11-12,15H,4-10H2,1-3H3. The van der Waals surface area contributed by atoms with E-state index in [-0.39, 0.29) is 11.7 Å². The molecule has 104 valence electrons. The molecule has 4 nitrogen and oxygen atoms in total. The van der Waals surface area contributed by atoms with Crippen LogP contribution in [0.25, 0.3) is 0 Å². The Morgan fingerprint density at radius 1 is 1.39 bits per heavy atom. The maximum absolute atomic E-state index is 11.9. The summed E-state index contributed by atoms with van der Waals surface area (Å²) in [5.41, 5.74) is -0.387. The zero-order chi connectivity index (χ0) is 13.2. The lowest BCUT2D eigenvalue weighted by Crippen LogP contribution is -2.35. The van der Waals surface area contributed by atoms with Gasteiger partial charge in [-0.3, -0.25) is 0 Å². The first-order valence-corrected chi connectivity index (χ1v) is 7.15. The average molecular weight is 254 g/mol. The zero-order valence-electron chi connectivity index (χ0n) is 11.9. The molecule has 2 atom stereocenters. The summed E-state index contributed by atoms with van der Waals surface area (Å²) in [6.45, 7) is 8.63. The number of hydrogen-bond acceptors (Lipinski definition) is 3. The first-order valence-electron chi connectivity index (χ1n) is 7.15. The van der Waals surface area contributed by atoms with Gasteiger partial charge in [0.05, 0.1) is 0 Å². The van der Waals surface area contributed by atoms with Crippen LogP contribution in [0.5, 0.6) is 0 Å². The van der Waals surface area contributed by atoms with E-state index in [1.54, 1.807) is 0 Å². The fraction of sp³-hybridized carbons (Fsp3) is 0.929. The molecule has 0 saturated carbocycles. The highest BCUT2D eigenvalue weighted by atomic mass is 16.6. The van der Waals surface area contributed by atoms with Gasteiger partial charge in [-0.05, 0) is 58.9 Å². The Morgan fingerprint density at radius 2 is 2.17 bits per heavy atom. The fourth-order valence-corrected chi connectivity index (χ4v) is 2.88. The molecule has 2 unspecified atom stereocenters. The largest absolute Gasteiger partial charge is 0.444 e. The van der Waals surface area contributed by atoms with Crippen molar-refractivity contribution < 1.29 is 9.53 Å². The first-order chi connectivity index (χ1) is 8.44. The van der Waals surface area contributed by atoms with E-state index in [1.165, 1.54) is 19.3 Å². The minimum atomic E-state index is -0.387. The predicted octanol–water partition coefficient (Wildman–Crippen LogP) is 2.39. The summed E-state index contributed by atoms with van der Waals surface area (Å²) in [6.07, 6.45) is 4.77. The number of amides is 1. The molecule has 2 rings (SSSR count). The lowest BCUT2D eigenvalue weighted by molar-refractivity contribution is 0.0287. The fourth-order valence-electron chi connectivity index (χ4n) is 2.88. The summed E-state index contributed by atoms with van der Waals surface area (Å²) in [7, 11) is 0. The second kappa shape index (κ2) is 5.47. The zero-order valence-corrected chi connectivity index (χ0v) is 11.9. The Kier molecular flexibility index (Phi) is 4.15. The number of ether oxygens (including phenoxy) is 1. The predicted molar refractivity (Wildman–Crippen MR) is 71.6 cm³/mol. The van der Waals surface area contributed by atoms with Crippen LogP contribution in [0.15, 0.2) is 0 Å². The summed E-state index contributed by atoms with van der Waals surface area (Å²) < 4.78 is 5.41. The lowest BCUT2D eigenvalue weighted by atomic mass is 9.98. The molecule has 0 radical (unpaired) electrons. The number of likely N-dealkylation sites (tertiary alicyclic amines) is 1. The molecule has 4 heteroatoms. The Balaban J connectivity index is 1.75. The van der Waals surface area contributed by atoms with Gasteiger partial charge in [-0.1, -0.05) is 0 Å². The van der Waals surface area contributed by atoms with Crippen molar-refractivity contribution in [3.8, 4) is 0 Å². The Labute approximate surface area is 110 Å². The third-order valence-electron chi connectivity index (χ3n) is 3.72. The Morgan fingerprint density at radius 3 is 2.78 bits per heavy atom. The minimum absolute atomic E-state index is 0.149. The van der Waals surface area contributed by atoms with Gasteiger partial charge in [-0.15, -0.1) is 0 Å². The molecule has 2 heterocycles. The topological polar surface area (TPSA) is 41.6 Å². The van der Waals surface area contributed by atoms with Crippen LogP contribution in [0.4, 0.5) is 4.79 Å². The average Bonchev–Trinajstić information content (AvgIpc) is 2.86. The molecule has 0 aromatic heterocycles. The number of nitrogens with zero attached hydrogens (tertiary/aromatic N) is 1. The monoisotopic (exact) mass is 254 g/mol. The van der Waals surface area contributed by atoms with Crippen molar-refractivity contribution in [2.45, 2.75) is 58.1 Å². The summed E-state index contributed by atoms with van der Waals surface area (Å²) in [4.78, 5) is 13.8. The summed E-state index contributed by atoms with van der Waals surface area (Å²) in [6, 6.07) is 0.675. The van der Waals surface area contributed by atoms with Gasteiger partial charge in [0.15, 0.2) is 0 Å². The van der Waals surface area contributed by atoms with E-state index in [4.69, 9.17) is 4.74 Å². The van der Waals surface area contributed by atoms with Gasteiger partial charge in [0.25, 0.3) is 0 Å². The molecular formula is C14H26N2O2. The van der Waals surface area contributed by atoms with Crippen LogP contribution in [-0.2, 0) is 4.74 Å². The second-order valence-electron chi connectivity index (χ2n) is 6.61. The molecule has 2 aliphatic heterocycles. The van der Waals surface area contributed by atoms with Crippen LogP contribution in [0.2, 0.25) is 0 Å². The molecule has 0 aliphatic carbocycles. The van der Waals surface area contributed by atoms with Gasteiger partial charge < -0.3 is 15.0 Å². The van der Waals surface area contributed by atoms with Gasteiger partial charge in [0, 0.05) is 19.1 Å². The number of rotatable bonds is 2. The number of nitrogens with one attached hydrogen (secondary N) is 1. The van der Waals surface area contributed by atoms with E-state index >= 15 is 0 Å². The number of hydrogen-bond donors (Lipinski definition) is 1. The van der Waals surface area contributed by atoms with Crippen molar-refractivity contribution in [3.63, 3.8) is 0 Å². The molecule has 0 aromatic rings. The quantitative estimate of drug-likeness (QED) is 0.822. The van der Waals surface area contributed by atoms with Crippen LogP contribution < -0.4 is 5.32 Å². The minimum Gasteiger partial charge on any atom is -0.444 e. The van der Waals surface area contributed by atoms with Gasteiger partial charge in [-0.2, -0.15) is 0 Å². The van der Waals surface area contributed by atoms with Crippen LogP contribution in [0.1, 0.15) is 46.5 Å². The first kappa shape index (κ1) is 13.7. The maximum Gasteiger partial charge on any atom is 0.410 e. The highest BCUT2D eigenvalue weighted by Crippen LogP contribution is 2.25. The third-order valence-corrected chi connectivity index (χ3v) is 3.72. The number of carbonyl (C=O) groups excluding carboxylic acids is 1. The summed E-state index contributed by atoms with van der Waals surface area (Å²) in [5, 5.41) is 3.53. The van der Waals surface area contributed by atoms with Crippen molar-refractivity contribution in [1.82, 2.24) is 10.2 Å². The Hall–Kier alpha value is -0.770. The van der Waals surface area contributed by atoms with Crippen molar-refractivity contribution in [2.24, 2.45) is 5.92 Å². The molecule has 1 N–H and O–H groups in total. The Bertz CT molecular complexity index is 293. The molecule has 2 aliphatic rings.